The average Bonchev–Trinajstić information content (AvgIpc) is 3.08. The van der Waals surface area contributed by atoms with Crippen molar-refractivity contribution < 1.29 is 19.0 Å². The molecule has 1 fully saturated rings. The van der Waals surface area contributed by atoms with Crippen LogP contribution in [-0.4, -0.2) is 49.1 Å². The summed E-state index contributed by atoms with van der Waals surface area (Å²) >= 11 is 3.40. The van der Waals surface area contributed by atoms with Crippen molar-refractivity contribution >= 4 is 27.4 Å². The van der Waals surface area contributed by atoms with Crippen LogP contribution in [0, 0.1) is 0 Å². The number of rotatable bonds is 2. The summed E-state index contributed by atoms with van der Waals surface area (Å²) < 4.78 is 17.4. The normalized spacial score (nSPS) is 13.8. The second kappa shape index (κ2) is 8.93. The van der Waals surface area contributed by atoms with Gasteiger partial charge in [0.25, 0.3) is 0 Å². The Balaban J connectivity index is 0.000000278. The Morgan fingerprint density at radius 2 is 1.73 bits per heavy atom. The van der Waals surface area contributed by atoms with Gasteiger partial charge in [-0.2, -0.15) is 5.10 Å². The largest absolute Gasteiger partial charge is 0.465 e. The fourth-order valence-corrected chi connectivity index (χ4v) is 2.89. The first-order chi connectivity index (χ1) is 12.7. The van der Waals surface area contributed by atoms with Gasteiger partial charge in [-0.25, -0.2) is 9.31 Å². The Morgan fingerprint density at radius 3 is 2.31 bits per heavy atom. The van der Waals surface area contributed by atoms with Crippen molar-refractivity contribution in [3.8, 4) is 11.3 Å². The molecule has 3 aromatic rings. The van der Waals surface area contributed by atoms with Gasteiger partial charge in [-0.05, 0) is 28.1 Å². The first kappa shape index (κ1) is 18.6. The molecule has 0 saturated carbocycles. The second-order valence-electron chi connectivity index (χ2n) is 5.48. The standard InChI is InChI=1S/C15H11BrN2O2.C4H8O2/c1-20-15(19)13-12-8-7-11(16)9-18(12)17-14(13)10-5-3-2-4-6-10;1-2-6-4-3-5-1/h2-9H,1H3;1-4H2. The topological polar surface area (TPSA) is 62.1 Å². The molecule has 4 rings (SSSR count). The van der Waals surface area contributed by atoms with Gasteiger partial charge in [0.05, 0.1) is 39.1 Å². The molecule has 1 aliphatic heterocycles. The molecule has 0 amide bonds. The van der Waals surface area contributed by atoms with Gasteiger partial charge in [0.2, 0.25) is 0 Å². The molecule has 26 heavy (non-hydrogen) atoms. The summed E-state index contributed by atoms with van der Waals surface area (Å²) in [6.07, 6.45) is 1.81. The molecule has 7 heteroatoms. The number of ether oxygens (including phenoxy) is 3. The number of hydrogen-bond donors (Lipinski definition) is 0. The molecule has 1 aliphatic rings. The van der Waals surface area contributed by atoms with E-state index in [1.807, 2.05) is 48.7 Å². The third-order valence-electron chi connectivity index (χ3n) is 3.77. The number of methoxy groups -OCH3 is 1. The molecule has 0 unspecified atom stereocenters. The van der Waals surface area contributed by atoms with E-state index in [0.29, 0.717) is 11.3 Å². The number of halogens is 1. The summed E-state index contributed by atoms with van der Waals surface area (Å²) in [4.78, 5) is 12.1. The fraction of sp³-hybridized carbons (Fsp3) is 0.263. The Bertz CT molecular complexity index is 864. The van der Waals surface area contributed by atoms with E-state index in [1.54, 1.807) is 4.52 Å². The van der Waals surface area contributed by atoms with E-state index in [9.17, 15) is 4.79 Å². The molecule has 1 aromatic carbocycles. The van der Waals surface area contributed by atoms with Crippen molar-refractivity contribution in [3.63, 3.8) is 0 Å². The number of nitrogens with zero attached hydrogens (tertiary/aromatic N) is 2. The average molecular weight is 419 g/mol. The third-order valence-corrected chi connectivity index (χ3v) is 4.24. The van der Waals surface area contributed by atoms with Crippen molar-refractivity contribution in [3.05, 3.63) is 58.7 Å². The number of hydrogen-bond acceptors (Lipinski definition) is 5. The minimum atomic E-state index is -0.388. The van der Waals surface area contributed by atoms with E-state index in [4.69, 9.17) is 14.2 Å². The third kappa shape index (κ3) is 4.30. The predicted octanol–water partition coefficient (Wildman–Crippen LogP) is 3.58. The number of benzene rings is 1. The molecule has 0 N–H and O–H groups in total. The van der Waals surface area contributed by atoms with Gasteiger partial charge >= 0.3 is 5.97 Å². The molecule has 136 valence electrons. The summed E-state index contributed by atoms with van der Waals surface area (Å²) in [5.41, 5.74) is 2.70. The van der Waals surface area contributed by atoms with E-state index in [0.717, 1.165) is 42.0 Å². The first-order valence-electron chi connectivity index (χ1n) is 8.18. The Morgan fingerprint density at radius 1 is 1.08 bits per heavy atom. The minimum Gasteiger partial charge on any atom is -0.465 e. The maximum atomic E-state index is 12.1. The number of fused-ring (bicyclic) bond motifs is 1. The fourth-order valence-electron chi connectivity index (χ4n) is 2.57. The molecule has 1 saturated heterocycles. The molecule has 0 atom stereocenters. The van der Waals surface area contributed by atoms with E-state index in [2.05, 4.69) is 21.0 Å². The van der Waals surface area contributed by atoms with Crippen LogP contribution in [0.25, 0.3) is 16.8 Å². The van der Waals surface area contributed by atoms with Gasteiger partial charge in [0.15, 0.2) is 0 Å². The molecule has 0 bridgehead atoms. The van der Waals surface area contributed by atoms with Crippen LogP contribution < -0.4 is 0 Å². The minimum absolute atomic E-state index is 0.388. The summed E-state index contributed by atoms with van der Waals surface area (Å²) in [5, 5.41) is 4.50. The van der Waals surface area contributed by atoms with Crippen LogP contribution in [0.3, 0.4) is 0 Å². The Hall–Kier alpha value is -2.22. The molecular formula is C19H19BrN2O4. The highest BCUT2D eigenvalue weighted by molar-refractivity contribution is 9.10. The van der Waals surface area contributed by atoms with Gasteiger partial charge in [0.1, 0.15) is 11.3 Å². The zero-order valence-electron chi connectivity index (χ0n) is 14.4. The highest BCUT2D eigenvalue weighted by Crippen LogP contribution is 2.27. The molecule has 0 spiro atoms. The lowest BCUT2D eigenvalue weighted by Gasteiger charge is -2.09. The van der Waals surface area contributed by atoms with Crippen molar-refractivity contribution in [2.75, 3.05) is 33.5 Å². The molecule has 2 aromatic heterocycles. The number of aromatic nitrogens is 2. The van der Waals surface area contributed by atoms with E-state index >= 15 is 0 Å². The number of pyridine rings is 1. The predicted molar refractivity (Wildman–Crippen MR) is 101 cm³/mol. The summed E-state index contributed by atoms with van der Waals surface area (Å²) in [6.45, 7) is 3.11. The quantitative estimate of drug-likeness (QED) is 0.595. The van der Waals surface area contributed by atoms with E-state index in [1.165, 1.54) is 7.11 Å². The van der Waals surface area contributed by atoms with Gasteiger partial charge in [0, 0.05) is 16.2 Å². The van der Waals surface area contributed by atoms with E-state index < -0.39 is 0 Å². The van der Waals surface area contributed by atoms with Crippen LogP contribution in [0.5, 0.6) is 0 Å². The van der Waals surface area contributed by atoms with Crippen LogP contribution in [0.15, 0.2) is 53.1 Å². The molecule has 6 nitrogen and oxygen atoms in total. The zero-order valence-corrected chi connectivity index (χ0v) is 15.9. The van der Waals surface area contributed by atoms with Crippen LogP contribution in [0.1, 0.15) is 10.4 Å². The Labute approximate surface area is 159 Å². The number of esters is 1. The van der Waals surface area contributed by atoms with E-state index in [-0.39, 0.29) is 5.97 Å². The Kier molecular flexibility index (Phi) is 6.38. The van der Waals surface area contributed by atoms with Crippen molar-refractivity contribution in [1.29, 1.82) is 0 Å². The molecular weight excluding hydrogens is 400 g/mol. The highest BCUT2D eigenvalue weighted by atomic mass is 79.9. The van der Waals surface area contributed by atoms with Gasteiger partial charge in [-0.1, -0.05) is 30.3 Å². The van der Waals surface area contributed by atoms with Crippen LogP contribution >= 0.6 is 15.9 Å². The molecule has 0 radical (unpaired) electrons. The smallest absolute Gasteiger partial charge is 0.342 e. The maximum Gasteiger partial charge on any atom is 0.342 e. The van der Waals surface area contributed by atoms with Gasteiger partial charge in [-0.15, -0.1) is 0 Å². The summed E-state index contributed by atoms with van der Waals surface area (Å²) in [6, 6.07) is 13.3. The lowest BCUT2D eigenvalue weighted by molar-refractivity contribution is -0.0334. The van der Waals surface area contributed by atoms with Crippen molar-refractivity contribution in [2.45, 2.75) is 0 Å². The SMILES string of the molecule is C1COCCO1.COC(=O)c1c(-c2ccccc2)nn2cc(Br)ccc12. The lowest BCUT2D eigenvalue weighted by atomic mass is 10.1. The van der Waals surface area contributed by atoms with Crippen LogP contribution in [0.2, 0.25) is 0 Å². The number of carbonyl (C=O) groups excluding carboxylic acids is 1. The molecule has 3 heterocycles. The first-order valence-corrected chi connectivity index (χ1v) is 8.97. The monoisotopic (exact) mass is 418 g/mol. The lowest BCUT2D eigenvalue weighted by Crippen LogP contribution is -2.16. The summed E-state index contributed by atoms with van der Waals surface area (Å²) in [7, 11) is 1.37. The van der Waals surface area contributed by atoms with Crippen LogP contribution in [0.4, 0.5) is 0 Å². The molecule has 0 aliphatic carbocycles. The van der Waals surface area contributed by atoms with Crippen LogP contribution in [-0.2, 0) is 14.2 Å². The van der Waals surface area contributed by atoms with Crippen molar-refractivity contribution in [1.82, 2.24) is 9.61 Å². The highest BCUT2D eigenvalue weighted by Gasteiger charge is 2.21. The summed E-state index contributed by atoms with van der Waals surface area (Å²) in [5.74, 6) is -0.388. The second-order valence-corrected chi connectivity index (χ2v) is 6.40. The van der Waals surface area contributed by atoms with Gasteiger partial charge < -0.3 is 14.2 Å². The van der Waals surface area contributed by atoms with Gasteiger partial charge in [-0.3, -0.25) is 0 Å². The van der Waals surface area contributed by atoms with Crippen molar-refractivity contribution in [2.24, 2.45) is 0 Å². The number of carbonyl (C=O) groups is 1. The zero-order chi connectivity index (χ0) is 18.4. The maximum absolute atomic E-state index is 12.1.